The zero-order chi connectivity index (χ0) is 12.9. The van der Waals surface area contributed by atoms with Gasteiger partial charge in [-0.25, -0.2) is 0 Å². The van der Waals surface area contributed by atoms with E-state index in [1.807, 2.05) is 0 Å². The van der Waals surface area contributed by atoms with Crippen LogP contribution in [0.25, 0.3) is 0 Å². The highest BCUT2D eigenvalue weighted by Crippen LogP contribution is 2.28. The van der Waals surface area contributed by atoms with Crippen LogP contribution in [-0.4, -0.2) is 50.8 Å². The number of ether oxygens (including phenoxy) is 1. The van der Waals surface area contributed by atoms with Crippen LogP contribution in [0.15, 0.2) is 0 Å². The Morgan fingerprint density at radius 1 is 1.29 bits per heavy atom. The predicted octanol–water partition coefficient (Wildman–Crippen LogP) is 2.12. The van der Waals surface area contributed by atoms with Crippen molar-refractivity contribution in [1.82, 2.24) is 10.2 Å². The van der Waals surface area contributed by atoms with Crippen LogP contribution in [0.1, 0.15) is 40.0 Å². The van der Waals surface area contributed by atoms with E-state index in [0.717, 1.165) is 19.2 Å². The van der Waals surface area contributed by atoms with E-state index in [0.29, 0.717) is 11.5 Å². The molecule has 0 aromatic rings. The van der Waals surface area contributed by atoms with Crippen LogP contribution in [0.4, 0.5) is 0 Å². The molecule has 0 radical (unpaired) electrons. The van der Waals surface area contributed by atoms with E-state index in [9.17, 15) is 0 Å². The summed E-state index contributed by atoms with van der Waals surface area (Å²) in [6.45, 7) is 10.1. The van der Waals surface area contributed by atoms with Gasteiger partial charge in [0.1, 0.15) is 0 Å². The van der Waals surface area contributed by atoms with Crippen LogP contribution < -0.4 is 5.32 Å². The summed E-state index contributed by atoms with van der Waals surface area (Å²) in [4.78, 5) is 2.60. The molecule has 1 N–H and O–H groups in total. The van der Waals surface area contributed by atoms with Gasteiger partial charge in [-0.15, -0.1) is 0 Å². The Kier molecular flexibility index (Phi) is 5.90. The molecule has 0 amide bonds. The van der Waals surface area contributed by atoms with Crippen molar-refractivity contribution in [2.45, 2.75) is 52.1 Å². The molecule has 1 unspecified atom stereocenters. The lowest BCUT2D eigenvalue weighted by molar-refractivity contribution is 0.134. The molecule has 0 saturated heterocycles. The Morgan fingerprint density at radius 2 is 1.94 bits per heavy atom. The van der Waals surface area contributed by atoms with Gasteiger partial charge in [-0.1, -0.05) is 20.8 Å². The third-order valence-electron chi connectivity index (χ3n) is 3.74. The first kappa shape index (κ1) is 14.9. The van der Waals surface area contributed by atoms with Crippen molar-refractivity contribution in [2.24, 2.45) is 5.41 Å². The molecule has 0 aromatic carbocycles. The lowest BCUT2D eigenvalue weighted by Gasteiger charge is -2.32. The minimum atomic E-state index is 0.339. The van der Waals surface area contributed by atoms with E-state index in [4.69, 9.17) is 4.74 Å². The fourth-order valence-corrected chi connectivity index (χ4v) is 2.43. The standard InChI is InChI=1S/C14H30N2O/c1-14(2,3)13(15-4)8-9-16(10-11-17-5)12-6-7-12/h12-13,15H,6-11H2,1-5H3. The first-order chi connectivity index (χ1) is 7.99. The molecule has 1 fully saturated rings. The molecule has 0 heterocycles. The van der Waals surface area contributed by atoms with Crippen LogP contribution in [0.2, 0.25) is 0 Å². The first-order valence-corrected chi connectivity index (χ1v) is 6.89. The fraction of sp³-hybridized carbons (Fsp3) is 1.00. The SMILES string of the molecule is CNC(CCN(CCOC)C1CC1)C(C)(C)C. The minimum absolute atomic E-state index is 0.339. The summed E-state index contributed by atoms with van der Waals surface area (Å²) in [7, 11) is 3.86. The van der Waals surface area contributed by atoms with E-state index in [1.165, 1.54) is 25.8 Å². The van der Waals surface area contributed by atoms with Crippen LogP contribution in [-0.2, 0) is 4.74 Å². The Labute approximate surface area is 107 Å². The topological polar surface area (TPSA) is 24.5 Å². The smallest absolute Gasteiger partial charge is 0.0589 e. The van der Waals surface area contributed by atoms with Gasteiger partial charge in [0, 0.05) is 32.3 Å². The van der Waals surface area contributed by atoms with Gasteiger partial charge in [-0.05, 0) is 31.7 Å². The highest BCUT2D eigenvalue weighted by molar-refractivity contribution is 4.87. The maximum Gasteiger partial charge on any atom is 0.0589 e. The van der Waals surface area contributed by atoms with Crippen LogP contribution in [0.5, 0.6) is 0 Å². The monoisotopic (exact) mass is 242 g/mol. The molecule has 1 aliphatic carbocycles. The molecule has 1 rings (SSSR count). The average Bonchev–Trinajstić information content (AvgIpc) is 3.05. The van der Waals surface area contributed by atoms with Gasteiger partial charge in [0.15, 0.2) is 0 Å². The molecule has 102 valence electrons. The maximum absolute atomic E-state index is 5.19. The highest BCUT2D eigenvalue weighted by atomic mass is 16.5. The number of hydrogen-bond acceptors (Lipinski definition) is 3. The van der Waals surface area contributed by atoms with E-state index >= 15 is 0 Å². The Hall–Kier alpha value is -0.120. The van der Waals surface area contributed by atoms with Crippen molar-refractivity contribution in [3.8, 4) is 0 Å². The van der Waals surface area contributed by atoms with Gasteiger partial charge in [0.05, 0.1) is 6.61 Å². The van der Waals surface area contributed by atoms with Gasteiger partial charge in [-0.2, -0.15) is 0 Å². The molecule has 3 nitrogen and oxygen atoms in total. The second-order valence-electron chi connectivity index (χ2n) is 6.26. The zero-order valence-electron chi connectivity index (χ0n) is 12.3. The lowest BCUT2D eigenvalue weighted by atomic mass is 9.85. The fourth-order valence-electron chi connectivity index (χ4n) is 2.43. The molecule has 1 atom stereocenters. The summed E-state index contributed by atoms with van der Waals surface area (Å²) in [5.74, 6) is 0. The zero-order valence-corrected chi connectivity index (χ0v) is 12.3. The van der Waals surface area contributed by atoms with Gasteiger partial charge >= 0.3 is 0 Å². The van der Waals surface area contributed by atoms with Crippen molar-refractivity contribution in [1.29, 1.82) is 0 Å². The number of nitrogens with one attached hydrogen (secondary N) is 1. The van der Waals surface area contributed by atoms with Crippen molar-refractivity contribution in [3.05, 3.63) is 0 Å². The molecule has 1 saturated carbocycles. The molecule has 3 heteroatoms. The second-order valence-corrected chi connectivity index (χ2v) is 6.26. The van der Waals surface area contributed by atoms with E-state index < -0.39 is 0 Å². The van der Waals surface area contributed by atoms with Gasteiger partial charge in [0.25, 0.3) is 0 Å². The molecule has 0 spiro atoms. The number of nitrogens with zero attached hydrogens (tertiary/aromatic N) is 1. The number of rotatable bonds is 8. The normalized spacial score (nSPS) is 18.7. The molecule has 0 aromatic heterocycles. The summed E-state index contributed by atoms with van der Waals surface area (Å²) >= 11 is 0. The molecule has 0 aliphatic heterocycles. The molecule has 1 aliphatic rings. The third-order valence-corrected chi connectivity index (χ3v) is 3.74. The average molecular weight is 242 g/mol. The lowest BCUT2D eigenvalue weighted by Crippen LogP contribution is -2.42. The molecular formula is C14H30N2O. The maximum atomic E-state index is 5.19. The summed E-state index contributed by atoms with van der Waals surface area (Å²) in [6, 6.07) is 1.42. The molecular weight excluding hydrogens is 212 g/mol. The summed E-state index contributed by atoms with van der Waals surface area (Å²) < 4.78 is 5.19. The Balaban J connectivity index is 2.34. The quantitative estimate of drug-likeness (QED) is 0.705. The number of methoxy groups -OCH3 is 1. The van der Waals surface area contributed by atoms with Gasteiger partial charge in [0.2, 0.25) is 0 Å². The Bertz CT molecular complexity index is 209. The van der Waals surface area contributed by atoms with Crippen molar-refractivity contribution < 1.29 is 4.74 Å². The van der Waals surface area contributed by atoms with Crippen LogP contribution in [0.3, 0.4) is 0 Å². The van der Waals surface area contributed by atoms with Crippen molar-refractivity contribution in [3.63, 3.8) is 0 Å². The van der Waals surface area contributed by atoms with E-state index in [2.05, 4.69) is 38.0 Å². The summed E-state index contributed by atoms with van der Waals surface area (Å²) in [6.07, 6.45) is 3.98. The van der Waals surface area contributed by atoms with Crippen molar-refractivity contribution in [2.75, 3.05) is 33.9 Å². The van der Waals surface area contributed by atoms with Crippen LogP contribution >= 0.6 is 0 Å². The first-order valence-electron chi connectivity index (χ1n) is 6.89. The van der Waals surface area contributed by atoms with E-state index in [1.54, 1.807) is 7.11 Å². The predicted molar refractivity (Wildman–Crippen MR) is 73.4 cm³/mol. The molecule has 0 bridgehead atoms. The van der Waals surface area contributed by atoms with E-state index in [-0.39, 0.29) is 0 Å². The van der Waals surface area contributed by atoms with Gasteiger partial charge in [-0.3, -0.25) is 4.90 Å². The summed E-state index contributed by atoms with van der Waals surface area (Å²) in [5, 5.41) is 3.45. The number of hydrogen-bond donors (Lipinski definition) is 1. The van der Waals surface area contributed by atoms with Crippen LogP contribution in [0, 0.1) is 5.41 Å². The Morgan fingerprint density at radius 3 is 2.35 bits per heavy atom. The largest absolute Gasteiger partial charge is 0.383 e. The highest BCUT2D eigenvalue weighted by Gasteiger charge is 2.30. The molecule has 17 heavy (non-hydrogen) atoms. The minimum Gasteiger partial charge on any atom is -0.383 e. The second kappa shape index (κ2) is 6.72. The third kappa shape index (κ3) is 5.36. The van der Waals surface area contributed by atoms with Crippen molar-refractivity contribution >= 4 is 0 Å². The van der Waals surface area contributed by atoms with Gasteiger partial charge < -0.3 is 10.1 Å². The summed E-state index contributed by atoms with van der Waals surface area (Å²) in [5.41, 5.74) is 0.339.